The van der Waals surface area contributed by atoms with Crippen molar-refractivity contribution in [2.24, 2.45) is 0 Å². The van der Waals surface area contributed by atoms with E-state index in [-0.39, 0.29) is 5.91 Å². The minimum Gasteiger partial charge on any atom is -0.338 e. The Morgan fingerprint density at radius 2 is 2.27 bits per heavy atom. The van der Waals surface area contributed by atoms with Crippen molar-refractivity contribution in [1.82, 2.24) is 24.6 Å². The molecule has 0 aliphatic carbocycles. The Kier molecular flexibility index (Phi) is 4.54. The molecule has 3 heterocycles. The van der Waals surface area contributed by atoms with E-state index in [0.717, 1.165) is 44.2 Å². The molecule has 0 saturated heterocycles. The van der Waals surface area contributed by atoms with Crippen LogP contribution in [0.3, 0.4) is 0 Å². The van der Waals surface area contributed by atoms with Crippen molar-refractivity contribution in [2.45, 2.75) is 39.5 Å². The van der Waals surface area contributed by atoms with Gasteiger partial charge in [-0.05, 0) is 17.9 Å². The van der Waals surface area contributed by atoms with Crippen LogP contribution in [0.4, 0.5) is 0 Å². The molecule has 6 nitrogen and oxygen atoms in total. The average molecular weight is 319 g/mol. The van der Waals surface area contributed by atoms with Gasteiger partial charge in [0.2, 0.25) is 5.91 Å². The minimum absolute atomic E-state index is 0.0466. The van der Waals surface area contributed by atoms with Crippen LogP contribution >= 0.6 is 11.3 Å². The molecule has 2 aromatic heterocycles. The quantitative estimate of drug-likeness (QED) is 0.861. The number of hydrogen-bond donors (Lipinski definition) is 0. The lowest BCUT2D eigenvalue weighted by atomic mass is 10.3. The maximum absolute atomic E-state index is 11.4. The summed E-state index contributed by atoms with van der Waals surface area (Å²) >= 11 is 1.79. The van der Waals surface area contributed by atoms with E-state index in [4.69, 9.17) is 0 Å². The number of nitrogens with zero attached hydrogens (tertiary/aromatic N) is 5. The van der Waals surface area contributed by atoms with Gasteiger partial charge in [0.1, 0.15) is 5.82 Å². The molecule has 0 aromatic carbocycles. The predicted octanol–water partition coefficient (Wildman–Crippen LogP) is 1.72. The summed E-state index contributed by atoms with van der Waals surface area (Å²) in [5.74, 6) is 1.93. The van der Waals surface area contributed by atoms with Crippen LogP contribution in [0.1, 0.15) is 29.9 Å². The van der Waals surface area contributed by atoms with Gasteiger partial charge in [-0.15, -0.1) is 21.5 Å². The molecular formula is C15H21N5OS. The van der Waals surface area contributed by atoms with Gasteiger partial charge in [-0.25, -0.2) is 0 Å². The zero-order valence-corrected chi connectivity index (χ0v) is 13.8. The van der Waals surface area contributed by atoms with Gasteiger partial charge in [-0.1, -0.05) is 6.07 Å². The van der Waals surface area contributed by atoms with Crippen molar-refractivity contribution in [3.63, 3.8) is 0 Å². The van der Waals surface area contributed by atoms with Crippen molar-refractivity contribution in [3.8, 4) is 0 Å². The van der Waals surface area contributed by atoms with Crippen LogP contribution in [0, 0.1) is 0 Å². The van der Waals surface area contributed by atoms with Crippen molar-refractivity contribution >= 4 is 17.2 Å². The van der Waals surface area contributed by atoms with Crippen LogP contribution in [0.25, 0.3) is 0 Å². The number of carbonyl (C=O) groups excluding carboxylic acids is 1. The SMILES string of the molecule is CC(=O)N(C)Cc1nnc2n1CCCN(Cc1cccs1)C2. The van der Waals surface area contributed by atoms with E-state index in [1.807, 2.05) is 0 Å². The molecule has 0 saturated carbocycles. The first-order chi connectivity index (χ1) is 10.6. The average Bonchev–Trinajstić information content (AvgIpc) is 3.06. The number of aromatic nitrogens is 3. The predicted molar refractivity (Wildman–Crippen MR) is 85.2 cm³/mol. The Balaban J connectivity index is 1.72. The molecule has 0 fully saturated rings. The van der Waals surface area contributed by atoms with Crippen LogP contribution in [0.15, 0.2) is 17.5 Å². The highest BCUT2D eigenvalue weighted by Gasteiger charge is 2.20. The molecule has 3 rings (SSSR count). The monoisotopic (exact) mass is 319 g/mol. The summed E-state index contributed by atoms with van der Waals surface area (Å²) < 4.78 is 2.17. The molecule has 0 spiro atoms. The second-order valence-corrected chi connectivity index (χ2v) is 6.73. The van der Waals surface area contributed by atoms with Gasteiger partial charge < -0.3 is 9.47 Å². The van der Waals surface area contributed by atoms with E-state index >= 15 is 0 Å². The summed E-state index contributed by atoms with van der Waals surface area (Å²) in [4.78, 5) is 16.9. The highest BCUT2D eigenvalue weighted by atomic mass is 32.1. The lowest BCUT2D eigenvalue weighted by Gasteiger charge is -2.17. The first-order valence-corrected chi connectivity index (χ1v) is 8.39. The Bertz CT molecular complexity index is 636. The van der Waals surface area contributed by atoms with Crippen LogP contribution in [-0.2, 0) is 31.0 Å². The van der Waals surface area contributed by atoms with E-state index in [0.29, 0.717) is 6.54 Å². The summed E-state index contributed by atoms with van der Waals surface area (Å²) in [6.07, 6.45) is 1.08. The maximum atomic E-state index is 11.4. The smallest absolute Gasteiger partial charge is 0.219 e. The number of thiophene rings is 1. The molecule has 0 unspecified atom stereocenters. The molecule has 118 valence electrons. The summed E-state index contributed by atoms with van der Waals surface area (Å²) in [6.45, 7) is 5.85. The van der Waals surface area contributed by atoms with Gasteiger partial charge in [0, 0.05) is 38.5 Å². The minimum atomic E-state index is 0.0466. The molecule has 1 aliphatic rings. The fourth-order valence-electron chi connectivity index (χ4n) is 2.68. The summed E-state index contributed by atoms with van der Waals surface area (Å²) in [7, 11) is 1.80. The van der Waals surface area contributed by atoms with Crippen LogP contribution < -0.4 is 0 Å². The van der Waals surface area contributed by atoms with E-state index in [9.17, 15) is 4.79 Å². The molecule has 0 N–H and O–H groups in total. The van der Waals surface area contributed by atoms with Crippen molar-refractivity contribution in [2.75, 3.05) is 13.6 Å². The third-order valence-corrected chi connectivity index (χ3v) is 4.86. The summed E-state index contributed by atoms with van der Waals surface area (Å²) in [5, 5.41) is 10.8. The second-order valence-electron chi connectivity index (χ2n) is 5.70. The van der Waals surface area contributed by atoms with Gasteiger partial charge in [-0.3, -0.25) is 9.69 Å². The van der Waals surface area contributed by atoms with E-state index in [1.165, 1.54) is 4.88 Å². The zero-order chi connectivity index (χ0) is 15.5. The van der Waals surface area contributed by atoms with Gasteiger partial charge in [0.25, 0.3) is 0 Å². The van der Waals surface area contributed by atoms with Gasteiger partial charge in [-0.2, -0.15) is 0 Å². The lowest BCUT2D eigenvalue weighted by molar-refractivity contribution is -0.128. The molecule has 1 aliphatic heterocycles. The lowest BCUT2D eigenvalue weighted by Crippen LogP contribution is -2.25. The highest BCUT2D eigenvalue weighted by molar-refractivity contribution is 7.09. The standard InChI is InChI=1S/C15H21N5OS/c1-12(21)18(2)10-14-16-17-15-11-19(6-4-7-20(14)15)9-13-5-3-8-22-13/h3,5,8H,4,6-7,9-11H2,1-2H3. The van der Waals surface area contributed by atoms with Crippen molar-refractivity contribution in [3.05, 3.63) is 34.0 Å². The van der Waals surface area contributed by atoms with Gasteiger partial charge >= 0.3 is 0 Å². The van der Waals surface area contributed by atoms with Crippen molar-refractivity contribution < 1.29 is 4.79 Å². The second kappa shape index (κ2) is 6.58. The van der Waals surface area contributed by atoms with Crippen LogP contribution in [-0.4, -0.2) is 44.1 Å². The van der Waals surface area contributed by atoms with E-state index < -0.39 is 0 Å². The number of hydrogen-bond acceptors (Lipinski definition) is 5. The fraction of sp³-hybridized carbons (Fsp3) is 0.533. The zero-order valence-electron chi connectivity index (χ0n) is 13.0. The highest BCUT2D eigenvalue weighted by Crippen LogP contribution is 2.18. The molecule has 0 bridgehead atoms. The van der Waals surface area contributed by atoms with Crippen molar-refractivity contribution in [1.29, 1.82) is 0 Å². The summed E-state index contributed by atoms with van der Waals surface area (Å²) in [5.41, 5.74) is 0. The largest absolute Gasteiger partial charge is 0.338 e. The maximum Gasteiger partial charge on any atom is 0.219 e. The molecule has 0 atom stereocenters. The molecular weight excluding hydrogens is 298 g/mol. The van der Waals surface area contributed by atoms with Gasteiger partial charge in [0.05, 0.1) is 13.1 Å². The normalized spacial score (nSPS) is 15.4. The van der Waals surface area contributed by atoms with E-state index in [2.05, 4.69) is 37.2 Å². The fourth-order valence-corrected chi connectivity index (χ4v) is 3.42. The number of rotatable bonds is 4. The molecule has 2 aromatic rings. The Labute approximate surface area is 134 Å². The van der Waals surface area contributed by atoms with E-state index in [1.54, 1.807) is 30.2 Å². The van der Waals surface area contributed by atoms with Gasteiger partial charge in [0.15, 0.2) is 5.82 Å². The number of amides is 1. The number of carbonyl (C=O) groups is 1. The molecule has 1 amide bonds. The Hall–Kier alpha value is -1.73. The molecule has 0 radical (unpaired) electrons. The molecule has 22 heavy (non-hydrogen) atoms. The first kappa shape index (κ1) is 15.2. The topological polar surface area (TPSA) is 54.3 Å². The third kappa shape index (κ3) is 3.36. The molecule has 7 heteroatoms. The Morgan fingerprint density at radius 1 is 1.41 bits per heavy atom. The Morgan fingerprint density at radius 3 is 3.00 bits per heavy atom. The third-order valence-electron chi connectivity index (χ3n) is 4.00. The number of fused-ring (bicyclic) bond motifs is 1. The van der Waals surface area contributed by atoms with Crippen LogP contribution in [0.5, 0.6) is 0 Å². The van der Waals surface area contributed by atoms with Crippen LogP contribution in [0.2, 0.25) is 0 Å². The summed E-state index contributed by atoms with van der Waals surface area (Å²) in [6, 6.07) is 4.27. The first-order valence-electron chi connectivity index (χ1n) is 7.51.